The number of ether oxygens (including phenoxy) is 1. The van der Waals surface area contributed by atoms with Gasteiger partial charge in [0.1, 0.15) is 18.7 Å². The Hall–Kier alpha value is -3.44. The summed E-state index contributed by atoms with van der Waals surface area (Å²) >= 11 is 0. The second-order valence-electron chi connectivity index (χ2n) is 12.7. The minimum atomic E-state index is -1.26. The molecule has 1 saturated heterocycles. The normalized spacial score (nSPS) is 24.8. The fraction of sp³-hybridized carbons (Fsp3) is 0.714. The first kappa shape index (κ1) is 31.1. The van der Waals surface area contributed by atoms with E-state index < -0.39 is 65.8 Å². The molecule has 12 heteroatoms. The van der Waals surface area contributed by atoms with Gasteiger partial charge < -0.3 is 31.3 Å². The summed E-state index contributed by atoms with van der Waals surface area (Å²) in [5, 5.41) is 8.02. The van der Waals surface area contributed by atoms with Crippen LogP contribution in [0.3, 0.4) is 0 Å². The van der Waals surface area contributed by atoms with Crippen molar-refractivity contribution in [1.29, 1.82) is 0 Å². The molecular weight excluding hydrogens is 518 g/mol. The van der Waals surface area contributed by atoms with E-state index in [-0.39, 0.29) is 29.7 Å². The van der Waals surface area contributed by atoms with Crippen molar-refractivity contribution in [2.45, 2.75) is 90.9 Å². The number of amides is 5. The number of likely N-dealkylation sites (tertiary alicyclic amines) is 1. The first-order chi connectivity index (χ1) is 18.6. The third-order valence-electron chi connectivity index (χ3n) is 8.22. The van der Waals surface area contributed by atoms with Crippen molar-refractivity contribution in [2.75, 3.05) is 13.2 Å². The van der Waals surface area contributed by atoms with Crippen LogP contribution >= 0.6 is 0 Å². The van der Waals surface area contributed by atoms with Gasteiger partial charge in [-0.15, -0.1) is 0 Å². The molecule has 1 aliphatic heterocycles. The highest BCUT2D eigenvalue weighted by molar-refractivity contribution is 6.37. The predicted molar refractivity (Wildman–Crippen MR) is 145 cm³/mol. The van der Waals surface area contributed by atoms with Gasteiger partial charge in [-0.2, -0.15) is 0 Å². The number of nitrogens with two attached hydrogens (primary N) is 1. The third-order valence-corrected chi connectivity index (χ3v) is 8.22. The molecule has 5 atom stereocenters. The molecular formula is C28H43N5O7. The lowest BCUT2D eigenvalue weighted by Gasteiger charge is -2.34. The zero-order valence-corrected chi connectivity index (χ0v) is 24.2. The van der Waals surface area contributed by atoms with E-state index in [9.17, 15) is 28.8 Å². The summed E-state index contributed by atoms with van der Waals surface area (Å²) in [6, 6.07) is -3.89. The van der Waals surface area contributed by atoms with E-state index in [1.165, 1.54) is 17.1 Å². The Morgan fingerprint density at radius 2 is 1.73 bits per heavy atom. The Kier molecular flexibility index (Phi) is 9.31. The zero-order valence-electron chi connectivity index (χ0n) is 24.2. The summed E-state index contributed by atoms with van der Waals surface area (Å²) < 4.78 is 5.20. The largest absolute Gasteiger partial charge is 0.460 e. The highest BCUT2D eigenvalue weighted by Gasteiger charge is 2.69. The molecule has 0 bridgehead atoms. The monoisotopic (exact) mass is 561 g/mol. The van der Waals surface area contributed by atoms with Gasteiger partial charge >= 0.3 is 12.0 Å². The number of Topliss-reactive ketones (excluding diaryl/α,β-unsaturated/α-hetero) is 1. The van der Waals surface area contributed by atoms with E-state index in [0.717, 1.165) is 19.3 Å². The molecule has 5 amide bonds. The van der Waals surface area contributed by atoms with Crippen LogP contribution in [-0.2, 0) is 28.7 Å². The molecule has 0 radical (unpaired) electrons. The van der Waals surface area contributed by atoms with Gasteiger partial charge in [-0.3, -0.25) is 19.2 Å². The Bertz CT molecular complexity index is 1080. The second-order valence-corrected chi connectivity index (χ2v) is 12.7. The van der Waals surface area contributed by atoms with E-state index >= 15 is 0 Å². The molecule has 3 fully saturated rings. The summed E-state index contributed by atoms with van der Waals surface area (Å²) in [6.45, 7) is 10.8. The highest BCUT2D eigenvalue weighted by Crippen LogP contribution is 2.64. The van der Waals surface area contributed by atoms with Gasteiger partial charge in [0.05, 0.1) is 6.04 Å². The van der Waals surface area contributed by atoms with Gasteiger partial charge in [-0.1, -0.05) is 39.2 Å². The molecule has 0 aromatic rings. The van der Waals surface area contributed by atoms with Crippen molar-refractivity contribution < 1.29 is 33.5 Å². The fourth-order valence-corrected chi connectivity index (χ4v) is 5.79. The Labute approximate surface area is 235 Å². The maximum Gasteiger partial charge on any atom is 0.330 e. The maximum absolute atomic E-state index is 13.8. The lowest BCUT2D eigenvalue weighted by atomic mass is 9.80. The van der Waals surface area contributed by atoms with Crippen LogP contribution in [0.25, 0.3) is 0 Å². The van der Waals surface area contributed by atoms with Gasteiger partial charge in [-0.05, 0) is 57.3 Å². The minimum absolute atomic E-state index is 0.0266. The first-order valence-corrected chi connectivity index (χ1v) is 13.9. The molecule has 40 heavy (non-hydrogen) atoms. The lowest BCUT2D eigenvalue weighted by Crippen LogP contribution is -2.60. The Morgan fingerprint density at radius 1 is 1.07 bits per heavy atom. The average molecular weight is 562 g/mol. The number of carbonyl (C=O) groups excluding carboxylic acids is 6. The van der Waals surface area contributed by atoms with Crippen molar-refractivity contribution in [2.24, 2.45) is 28.9 Å². The van der Waals surface area contributed by atoms with E-state index in [2.05, 4.69) is 16.0 Å². The first-order valence-electron chi connectivity index (χ1n) is 13.9. The molecule has 3 rings (SSSR count). The summed E-state index contributed by atoms with van der Waals surface area (Å²) in [5.74, 6) is -3.74. The predicted octanol–water partition coefficient (Wildman–Crippen LogP) is 0.784. The number of rotatable bonds is 11. The molecule has 0 spiro atoms. The van der Waals surface area contributed by atoms with Crippen LogP contribution < -0.4 is 21.7 Å². The second kappa shape index (κ2) is 12.0. The number of nitrogens with zero attached hydrogens (tertiary/aromatic N) is 1. The standard InChI is InChI=1S/C28H43N5O7/c1-7-9-19(34)40-14-18(31-26(39)32-27(2,3)4)25(38)33-13-16-20(28(16,5)6)21(33)24(37)30-17(22(35)23(29)36)12-15-10-8-11-15/h7,9,15-18,20-21H,8,10-14H2,1-6H3,(H2,29,36)(H,30,37)(H2,31,32,39)/t16?,17?,18-,20-,21-/m0/s1. The number of hydrogen-bond donors (Lipinski definition) is 4. The minimum Gasteiger partial charge on any atom is -0.460 e. The van der Waals surface area contributed by atoms with Gasteiger partial charge in [-0.25, -0.2) is 9.59 Å². The number of primary amides is 1. The Balaban J connectivity index is 1.82. The summed E-state index contributed by atoms with van der Waals surface area (Å²) in [4.78, 5) is 77.8. The third kappa shape index (κ3) is 7.19. The molecule has 12 nitrogen and oxygen atoms in total. The van der Waals surface area contributed by atoms with Crippen molar-refractivity contribution >= 4 is 35.5 Å². The molecule has 222 valence electrons. The van der Waals surface area contributed by atoms with Crippen molar-refractivity contribution in [3.63, 3.8) is 0 Å². The van der Waals surface area contributed by atoms with Crippen LogP contribution in [0.4, 0.5) is 4.79 Å². The van der Waals surface area contributed by atoms with Crippen LogP contribution in [-0.4, -0.2) is 77.2 Å². The maximum atomic E-state index is 13.8. The number of esters is 1. The quantitative estimate of drug-likeness (QED) is 0.164. The number of hydrogen-bond acceptors (Lipinski definition) is 7. The number of carbonyl (C=O) groups is 6. The van der Waals surface area contributed by atoms with Crippen LogP contribution in [0.2, 0.25) is 0 Å². The molecule has 2 saturated carbocycles. The van der Waals surface area contributed by atoms with Gasteiger partial charge in [0.2, 0.25) is 17.6 Å². The number of ketones is 1. The number of urea groups is 1. The molecule has 1 heterocycles. The van der Waals surface area contributed by atoms with Gasteiger partial charge in [0, 0.05) is 18.2 Å². The molecule has 0 aromatic heterocycles. The smallest absolute Gasteiger partial charge is 0.330 e. The fourth-order valence-electron chi connectivity index (χ4n) is 5.79. The molecule has 2 unspecified atom stereocenters. The van der Waals surface area contributed by atoms with Crippen LogP contribution in [0.5, 0.6) is 0 Å². The van der Waals surface area contributed by atoms with E-state index in [1.54, 1.807) is 27.7 Å². The highest BCUT2D eigenvalue weighted by atomic mass is 16.5. The van der Waals surface area contributed by atoms with Crippen molar-refractivity contribution in [3.8, 4) is 0 Å². The molecule has 3 aliphatic rings. The van der Waals surface area contributed by atoms with Gasteiger partial charge in [0.15, 0.2) is 0 Å². The summed E-state index contributed by atoms with van der Waals surface area (Å²) in [6.07, 6.45) is 5.82. The van der Waals surface area contributed by atoms with E-state index in [4.69, 9.17) is 10.5 Å². The van der Waals surface area contributed by atoms with Crippen LogP contribution in [0, 0.1) is 23.2 Å². The van der Waals surface area contributed by atoms with E-state index in [1.807, 2.05) is 13.8 Å². The molecule has 5 N–H and O–H groups in total. The number of nitrogens with one attached hydrogen (secondary N) is 3. The van der Waals surface area contributed by atoms with Gasteiger partial charge in [0.25, 0.3) is 5.91 Å². The topological polar surface area (TPSA) is 177 Å². The number of allylic oxidation sites excluding steroid dienone is 1. The molecule has 2 aliphatic carbocycles. The average Bonchev–Trinajstić information content (AvgIpc) is 3.14. The summed E-state index contributed by atoms with van der Waals surface area (Å²) in [7, 11) is 0. The summed E-state index contributed by atoms with van der Waals surface area (Å²) in [5.41, 5.74) is 4.45. The van der Waals surface area contributed by atoms with Crippen LogP contribution in [0.1, 0.15) is 67.2 Å². The van der Waals surface area contributed by atoms with Crippen molar-refractivity contribution in [1.82, 2.24) is 20.9 Å². The molecule has 0 aromatic carbocycles. The lowest BCUT2D eigenvalue weighted by molar-refractivity contribution is -0.147. The zero-order chi connectivity index (χ0) is 30.0. The van der Waals surface area contributed by atoms with Crippen molar-refractivity contribution in [3.05, 3.63) is 12.2 Å². The van der Waals surface area contributed by atoms with E-state index in [0.29, 0.717) is 6.42 Å². The number of piperidine rings is 1. The number of fused-ring (bicyclic) bond motifs is 1. The SMILES string of the molecule is CC=CC(=O)OC[C@H](NC(=O)NC(C)(C)C)C(=O)N1CC2[C@@H]([C@H]1C(=O)NC(CC1CCC1)C(=O)C(N)=O)C2(C)C. The Morgan fingerprint density at radius 3 is 2.25 bits per heavy atom. The van der Waals surface area contributed by atoms with Crippen LogP contribution in [0.15, 0.2) is 12.2 Å².